The number of aliphatic hydroxyl groups is 1. The van der Waals surface area contributed by atoms with Crippen LogP contribution in [-0.2, 0) is 0 Å². The van der Waals surface area contributed by atoms with E-state index >= 15 is 0 Å². The van der Waals surface area contributed by atoms with Gasteiger partial charge in [-0.1, -0.05) is 33.6 Å². The molecule has 0 heterocycles. The van der Waals surface area contributed by atoms with E-state index in [1.807, 2.05) is 0 Å². The van der Waals surface area contributed by atoms with E-state index in [4.69, 9.17) is 0 Å². The van der Waals surface area contributed by atoms with Crippen LogP contribution in [0.3, 0.4) is 0 Å². The maximum absolute atomic E-state index is 9.75. The topological polar surface area (TPSA) is 32.3 Å². The summed E-state index contributed by atoms with van der Waals surface area (Å²) in [5, 5.41) is 13.3. The standard InChI is InChI=1S/C13H27NO/c1-10(2)7-13(15)9-14-12-6-4-5-11(3)8-12/h10-15H,4-9H2,1-3H3. The van der Waals surface area contributed by atoms with Crippen LogP contribution in [0.1, 0.15) is 52.9 Å². The predicted molar refractivity (Wildman–Crippen MR) is 64.9 cm³/mol. The minimum atomic E-state index is -0.165. The fraction of sp³-hybridized carbons (Fsp3) is 1.00. The fourth-order valence-corrected chi connectivity index (χ4v) is 2.55. The molecule has 0 aromatic heterocycles. The molecule has 1 saturated carbocycles. The zero-order valence-corrected chi connectivity index (χ0v) is 10.5. The van der Waals surface area contributed by atoms with Crippen LogP contribution in [0.5, 0.6) is 0 Å². The van der Waals surface area contributed by atoms with E-state index in [0.717, 1.165) is 18.9 Å². The Hall–Kier alpha value is -0.0800. The first-order valence-corrected chi connectivity index (χ1v) is 6.49. The van der Waals surface area contributed by atoms with Crippen LogP contribution in [0.2, 0.25) is 0 Å². The Bertz CT molecular complexity index is 170. The molecule has 1 aliphatic carbocycles. The second kappa shape index (κ2) is 6.49. The predicted octanol–water partition coefficient (Wildman–Crippen LogP) is 2.56. The first kappa shape index (κ1) is 13.0. The van der Waals surface area contributed by atoms with E-state index in [2.05, 4.69) is 26.1 Å². The Kier molecular flexibility index (Phi) is 5.62. The molecule has 0 saturated heterocycles. The van der Waals surface area contributed by atoms with Gasteiger partial charge in [0.25, 0.3) is 0 Å². The number of nitrogens with one attached hydrogen (secondary N) is 1. The highest BCUT2D eigenvalue weighted by Crippen LogP contribution is 2.23. The summed E-state index contributed by atoms with van der Waals surface area (Å²) < 4.78 is 0. The summed E-state index contributed by atoms with van der Waals surface area (Å²) in [6.45, 7) is 7.42. The van der Waals surface area contributed by atoms with Crippen LogP contribution in [0, 0.1) is 11.8 Å². The number of rotatable bonds is 5. The van der Waals surface area contributed by atoms with Crippen molar-refractivity contribution in [2.24, 2.45) is 11.8 Å². The van der Waals surface area contributed by atoms with E-state index in [1.54, 1.807) is 0 Å². The first-order chi connectivity index (χ1) is 7.08. The van der Waals surface area contributed by atoms with E-state index in [9.17, 15) is 5.11 Å². The third-order valence-electron chi connectivity index (χ3n) is 3.32. The molecule has 0 bridgehead atoms. The van der Waals surface area contributed by atoms with Gasteiger partial charge >= 0.3 is 0 Å². The summed E-state index contributed by atoms with van der Waals surface area (Å²) in [4.78, 5) is 0. The molecule has 1 aliphatic rings. The monoisotopic (exact) mass is 213 g/mol. The second-order valence-corrected chi connectivity index (χ2v) is 5.66. The Morgan fingerprint density at radius 2 is 2.07 bits per heavy atom. The molecule has 1 rings (SSSR count). The Morgan fingerprint density at radius 1 is 1.33 bits per heavy atom. The molecular formula is C13H27NO. The number of aliphatic hydroxyl groups excluding tert-OH is 1. The lowest BCUT2D eigenvalue weighted by Gasteiger charge is -2.28. The largest absolute Gasteiger partial charge is 0.392 e. The summed E-state index contributed by atoms with van der Waals surface area (Å²) in [5.74, 6) is 1.45. The highest BCUT2D eigenvalue weighted by Gasteiger charge is 2.19. The second-order valence-electron chi connectivity index (χ2n) is 5.66. The average molecular weight is 213 g/mol. The van der Waals surface area contributed by atoms with E-state index in [0.29, 0.717) is 12.0 Å². The summed E-state index contributed by atoms with van der Waals surface area (Å²) in [5.41, 5.74) is 0. The molecule has 90 valence electrons. The smallest absolute Gasteiger partial charge is 0.0667 e. The zero-order valence-electron chi connectivity index (χ0n) is 10.5. The molecular weight excluding hydrogens is 186 g/mol. The van der Waals surface area contributed by atoms with Gasteiger partial charge in [-0.25, -0.2) is 0 Å². The van der Waals surface area contributed by atoms with Crippen LogP contribution in [0.4, 0.5) is 0 Å². The molecule has 2 N–H and O–H groups in total. The molecule has 1 fully saturated rings. The molecule has 2 nitrogen and oxygen atoms in total. The Balaban J connectivity index is 2.13. The summed E-state index contributed by atoms with van der Waals surface area (Å²) in [6.07, 6.45) is 6.05. The summed E-state index contributed by atoms with van der Waals surface area (Å²) >= 11 is 0. The van der Waals surface area contributed by atoms with Gasteiger partial charge in [-0.05, 0) is 31.1 Å². The highest BCUT2D eigenvalue weighted by atomic mass is 16.3. The van der Waals surface area contributed by atoms with Crippen molar-refractivity contribution in [3.05, 3.63) is 0 Å². The molecule has 0 aromatic rings. The van der Waals surface area contributed by atoms with Gasteiger partial charge in [0.2, 0.25) is 0 Å². The van der Waals surface area contributed by atoms with Crippen molar-refractivity contribution >= 4 is 0 Å². The maximum Gasteiger partial charge on any atom is 0.0667 e. The highest BCUT2D eigenvalue weighted by molar-refractivity contribution is 4.77. The Labute approximate surface area is 94.5 Å². The summed E-state index contributed by atoms with van der Waals surface area (Å²) in [7, 11) is 0. The van der Waals surface area contributed by atoms with Crippen molar-refractivity contribution < 1.29 is 5.11 Å². The van der Waals surface area contributed by atoms with Crippen molar-refractivity contribution in [3.63, 3.8) is 0 Å². The molecule has 0 spiro atoms. The number of hydrogen-bond acceptors (Lipinski definition) is 2. The van der Waals surface area contributed by atoms with Crippen LogP contribution in [0.25, 0.3) is 0 Å². The maximum atomic E-state index is 9.75. The van der Waals surface area contributed by atoms with Gasteiger partial charge in [-0.2, -0.15) is 0 Å². The molecule has 0 amide bonds. The molecule has 15 heavy (non-hydrogen) atoms. The molecule has 0 radical (unpaired) electrons. The lowest BCUT2D eigenvalue weighted by Crippen LogP contribution is -2.38. The fourth-order valence-electron chi connectivity index (χ4n) is 2.55. The molecule has 0 aromatic carbocycles. The van der Waals surface area contributed by atoms with Gasteiger partial charge in [0.1, 0.15) is 0 Å². The molecule has 0 aliphatic heterocycles. The molecule has 3 atom stereocenters. The minimum Gasteiger partial charge on any atom is -0.392 e. The van der Waals surface area contributed by atoms with Gasteiger partial charge in [0, 0.05) is 12.6 Å². The SMILES string of the molecule is CC(C)CC(O)CNC1CCCC(C)C1. The number of hydrogen-bond donors (Lipinski definition) is 2. The third kappa shape index (κ3) is 5.53. The minimum absolute atomic E-state index is 0.165. The lowest BCUT2D eigenvalue weighted by molar-refractivity contribution is 0.137. The van der Waals surface area contributed by atoms with Crippen LogP contribution < -0.4 is 5.32 Å². The normalized spacial score (nSPS) is 29.4. The van der Waals surface area contributed by atoms with Gasteiger partial charge in [0.05, 0.1) is 6.10 Å². The quantitative estimate of drug-likeness (QED) is 0.735. The lowest BCUT2D eigenvalue weighted by atomic mass is 9.87. The molecule has 3 unspecified atom stereocenters. The van der Waals surface area contributed by atoms with Crippen molar-refractivity contribution in [3.8, 4) is 0 Å². The third-order valence-corrected chi connectivity index (χ3v) is 3.32. The van der Waals surface area contributed by atoms with Gasteiger partial charge in [-0.3, -0.25) is 0 Å². The zero-order chi connectivity index (χ0) is 11.3. The van der Waals surface area contributed by atoms with Crippen LogP contribution in [0.15, 0.2) is 0 Å². The van der Waals surface area contributed by atoms with E-state index in [1.165, 1.54) is 25.7 Å². The molecule has 2 heteroatoms. The van der Waals surface area contributed by atoms with Gasteiger partial charge in [-0.15, -0.1) is 0 Å². The Morgan fingerprint density at radius 3 is 2.67 bits per heavy atom. The summed E-state index contributed by atoms with van der Waals surface area (Å²) in [6, 6.07) is 0.649. The van der Waals surface area contributed by atoms with Crippen LogP contribution >= 0.6 is 0 Å². The van der Waals surface area contributed by atoms with Crippen LogP contribution in [-0.4, -0.2) is 23.8 Å². The van der Waals surface area contributed by atoms with Gasteiger partial charge < -0.3 is 10.4 Å². The van der Waals surface area contributed by atoms with E-state index in [-0.39, 0.29) is 6.10 Å². The average Bonchev–Trinajstić information content (AvgIpc) is 2.14. The van der Waals surface area contributed by atoms with Crippen molar-refractivity contribution in [1.82, 2.24) is 5.32 Å². The van der Waals surface area contributed by atoms with E-state index < -0.39 is 0 Å². The van der Waals surface area contributed by atoms with Crippen molar-refractivity contribution in [2.45, 2.75) is 65.0 Å². The van der Waals surface area contributed by atoms with Crippen molar-refractivity contribution in [1.29, 1.82) is 0 Å². The first-order valence-electron chi connectivity index (χ1n) is 6.49. The van der Waals surface area contributed by atoms with Crippen molar-refractivity contribution in [2.75, 3.05) is 6.54 Å². The van der Waals surface area contributed by atoms with Gasteiger partial charge in [0.15, 0.2) is 0 Å².